The molecular weight excluding hydrogens is 246 g/mol. The molecule has 2 aromatic heterocycles. The molecule has 0 aliphatic carbocycles. The van der Waals surface area contributed by atoms with E-state index in [-0.39, 0.29) is 17.2 Å². The van der Waals surface area contributed by atoms with Crippen LogP contribution < -0.4 is 17.0 Å². The van der Waals surface area contributed by atoms with E-state index in [0.29, 0.717) is 30.8 Å². The smallest absolute Gasteiger partial charge is 0.332 e. The van der Waals surface area contributed by atoms with Crippen molar-refractivity contribution in [2.75, 3.05) is 5.73 Å². The van der Waals surface area contributed by atoms with Gasteiger partial charge < -0.3 is 10.3 Å². The first kappa shape index (κ1) is 13.4. The van der Waals surface area contributed by atoms with Gasteiger partial charge in [0, 0.05) is 19.6 Å². The minimum atomic E-state index is -0.319. The van der Waals surface area contributed by atoms with E-state index in [1.165, 1.54) is 9.13 Å². The van der Waals surface area contributed by atoms with Crippen LogP contribution in [-0.2, 0) is 19.6 Å². The lowest BCUT2D eigenvalue weighted by atomic mass is 10.4. The van der Waals surface area contributed by atoms with E-state index in [0.717, 1.165) is 6.42 Å². The first-order chi connectivity index (χ1) is 9.06. The Morgan fingerprint density at radius 3 is 2.21 bits per heavy atom. The van der Waals surface area contributed by atoms with Crippen molar-refractivity contribution in [2.24, 2.45) is 0 Å². The van der Waals surface area contributed by atoms with Gasteiger partial charge in [0.1, 0.15) is 0 Å². The number of nitrogens with zero attached hydrogens (tertiary/aromatic N) is 4. The van der Waals surface area contributed by atoms with Crippen molar-refractivity contribution in [3.05, 3.63) is 20.8 Å². The van der Waals surface area contributed by atoms with E-state index >= 15 is 0 Å². The monoisotopic (exact) mass is 265 g/mol. The number of fused-ring (bicyclic) bond motifs is 1. The molecule has 0 saturated carbocycles. The SMILES string of the molecule is CCCn1c(=O)n(CC)c(=O)c2c1nc(N)n2CC. The van der Waals surface area contributed by atoms with E-state index in [1.54, 1.807) is 11.5 Å². The minimum absolute atomic E-state index is 0.271. The fourth-order valence-corrected chi connectivity index (χ4v) is 2.33. The molecule has 2 aromatic rings. The summed E-state index contributed by atoms with van der Waals surface area (Å²) in [4.78, 5) is 28.8. The number of anilines is 1. The van der Waals surface area contributed by atoms with Crippen LogP contribution in [0.15, 0.2) is 9.59 Å². The second kappa shape index (κ2) is 4.91. The van der Waals surface area contributed by atoms with E-state index in [9.17, 15) is 9.59 Å². The van der Waals surface area contributed by atoms with Crippen molar-refractivity contribution in [1.82, 2.24) is 18.7 Å². The minimum Gasteiger partial charge on any atom is -0.369 e. The molecule has 0 aliphatic rings. The van der Waals surface area contributed by atoms with Crippen molar-refractivity contribution in [3.8, 4) is 0 Å². The summed E-state index contributed by atoms with van der Waals surface area (Å²) >= 11 is 0. The van der Waals surface area contributed by atoms with Gasteiger partial charge in [0.2, 0.25) is 5.95 Å². The number of hydrogen-bond acceptors (Lipinski definition) is 4. The Labute approximate surface area is 110 Å². The second-order valence-corrected chi connectivity index (χ2v) is 4.37. The summed E-state index contributed by atoms with van der Waals surface area (Å²) in [6.07, 6.45) is 0.788. The van der Waals surface area contributed by atoms with Crippen LogP contribution in [0.5, 0.6) is 0 Å². The van der Waals surface area contributed by atoms with Gasteiger partial charge in [-0.05, 0) is 20.3 Å². The molecule has 0 spiro atoms. The fraction of sp³-hybridized carbons (Fsp3) is 0.583. The lowest BCUT2D eigenvalue weighted by Crippen LogP contribution is -2.40. The van der Waals surface area contributed by atoms with Gasteiger partial charge >= 0.3 is 5.69 Å². The third kappa shape index (κ3) is 1.85. The third-order valence-corrected chi connectivity index (χ3v) is 3.22. The molecule has 0 radical (unpaired) electrons. The second-order valence-electron chi connectivity index (χ2n) is 4.37. The van der Waals surface area contributed by atoms with E-state index in [2.05, 4.69) is 4.98 Å². The zero-order valence-corrected chi connectivity index (χ0v) is 11.5. The van der Waals surface area contributed by atoms with Gasteiger partial charge in [-0.1, -0.05) is 6.92 Å². The maximum Gasteiger partial charge on any atom is 0.332 e. The highest BCUT2D eigenvalue weighted by atomic mass is 16.2. The van der Waals surface area contributed by atoms with E-state index < -0.39 is 0 Å². The summed E-state index contributed by atoms with van der Waals surface area (Å²) in [6, 6.07) is 0. The number of rotatable bonds is 4. The molecule has 19 heavy (non-hydrogen) atoms. The molecule has 7 heteroatoms. The van der Waals surface area contributed by atoms with Gasteiger partial charge in [-0.15, -0.1) is 0 Å². The van der Waals surface area contributed by atoms with Crippen molar-refractivity contribution in [2.45, 2.75) is 46.8 Å². The number of nitrogens with two attached hydrogens (primary N) is 1. The number of nitrogen functional groups attached to an aromatic ring is 1. The summed E-state index contributed by atoms with van der Waals surface area (Å²) in [5, 5.41) is 0. The van der Waals surface area contributed by atoms with Crippen LogP contribution in [0.1, 0.15) is 27.2 Å². The van der Waals surface area contributed by atoms with Crippen LogP contribution in [0.4, 0.5) is 5.95 Å². The van der Waals surface area contributed by atoms with E-state index in [1.807, 2.05) is 13.8 Å². The topological polar surface area (TPSA) is 87.8 Å². The normalized spacial score (nSPS) is 11.3. The molecule has 0 saturated heterocycles. The third-order valence-electron chi connectivity index (χ3n) is 3.22. The zero-order valence-electron chi connectivity index (χ0n) is 11.5. The largest absolute Gasteiger partial charge is 0.369 e. The molecule has 2 N–H and O–H groups in total. The van der Waals surface area contributed by atoms with Crippen LogP contribution in [-0.4, -0.2) is 18.7 Å². The summed E-state index contributed by atoms with van der Waals surface area (Å²) in [5.41, 5.74) is 5.99. The van der Waals surface area contributed by atoms with Crippen LogP contribution in [0.25, 0.3) is 11.2 Å². The summed E-state index contributed by atoms with van der Waals surface area (Å²) in [5.74, 6) is 0.271. The highest BCUT2D eigenvalue weighted by Crippen LogP contribution is 2.13. The predicted molar refractivity (Wildman–Crippen MR) is 74.3 cm³/mol. The van der Waals surface area contributed by atoms with Gasteiger partial charge in [-0.2, -0.15) is 4.98 Å². The molecule has 0 bridgehead atoms. The summed E-state index contributed by atoms with van der Waals surface area (Å²) in [7, 11) is 0. The molecule has 0 fully saturated rings. The van der Waals surface area contributed by atoms with Crippen molar-refractivity contribution < 1.29 is 0 Å². The van der Waals surface area contributed by atoms with Crippen molar-refractivity contribution in [1.29, 1.82) is 0 Å². The average molecular weight is 265 g/mol. The molecule has 0 atom stereocenters. The summed E-state index contributed by atoms with van der Waals surface area (Å²) in [6.45, 7) is 7.05. The molecule has 2 rings (SSSR count). The van der Waals surface area contributed by atoms with E-state index in [4.69, 9.17) is 5.73 Å². The van der Waals surface area contributed by atoms with Crippen LogP contribution >= 0.6 is 0 Å². The first-order valence-electron chi connectivity index (χ1n) is 6.56. The standard InChI is InChI=1S/C12H19N5O2/c1-4-7-17-9-8(15(5-2)11(13)14-9)10(18)16(6-3)12(17)19/h4-7H2,1-3H3,(H2,13,14). The number of imidazole rings is 1. The maximum atomic E-state index is 12.4. The number of aromatic nitrogens is 4. The molecule has 0 amide bonds. The Balaban J connectivity index is 3.02. The highest BCUT2D eigenvalue weighted by Gasteiger charge is 2.18. The van der Waals surface area contributed by atoms with Gasteiger partial charge in [0.15, 0.2) is 11.2 Å². The fourth-order valence-electron chi connectivity index (χ4n) is 2.33. The Bertz CT molecular complexity index is 722. The number of aryl methyl sites for hydroxylation is 2. The zero-order chi connectivity index (χ0) is 14.2. The average Bonchev–Trinajstić information content (AvgIpc) is 2.72. The van der Waals surface area contributed by atoms with Crippen LogP contribution in [0, 0.1) is 0 Å². The molecule has 104 valence electrons. The van der Waals surface area contributed by atoms with Gasteiger partial charge in [-0.25, -0.2) is 4.79 Å². The van der Waals surface area contributed by atoms with Crippen LogP contribution in [0.3, 0.4) is 0 Å². The summed E-state index contributed by atoms with van der Waals surface area (Å²) < 4.78 is 4.41. The lowest BCUT2D eigenvalue weighted by Gasteiger charge is -2.09. The molecule has 0 aliphatic heterocycles. The van der Waals surface area contributed by atoms with Crippen molar-refractivity contribution in [3.63, 3.8) is 0 Å². The van der Waals surface area contributed by atoms with Gasteiger partial charge in [0.05, 0.1) is 0 Å². The van der Waals surface area contributed by atoms with Gasteiger partial charge in [0.25, 0.3) is 5.56 Å². The molecule has 7 nitrogen and oxygen atoms in total. The predicted octanol–water partition coefficient (Wildman–Crippen LogP) is 0.392. The highest BCUT2D eigenvalue weighted by molar-refractivity contribution is 5.73. The van der Waals surface area contributed by atoms with Crippen molar-refractivity contribution >= 4 is 17.1 Å². The quantitative estimate of drug-likeness (QED) is 0.866. The Morgan fingerprint density at radius 1 is 1.05 bits per heavy atom. The molecule has 2 heterocycles. The molecule has 0 aromatic carbocycles. The Kier molecular flexibility index (Phi) is 3.46. The Morgan fingerprint density at radius 2 is 1.68 bits per heavy atom. The van der Waals surface area contributed by atoms with Crippen LogP contribution in [0.2, 0.25) is 0 Å². The van der Waals surface area contributed by atoms with Gasteiger partial charge in [-0.3, -0.25) is 13.9 Å². The first-order valence-corrected chi connectivity index (χ1v) is 6.56. The molecule has 0 unspecified atom stereocenters. The number of hydrogen-bond donors (Lipinski definition) is 1. The lowest BCUT2D eigenvalue weighted by molar-refractivity contribution is 0.578. The Hall–Kier alpha value is -2.05. The maximum absolute atomic E-state index is 12.4. The molecular formula is C12H19N5O2.